The van der Waals surface area contributed by atoms with E-state index in [1.54, 1.807) is 23.1 Å². The Morgan fingerprint density at radius 3 is 2.59 bits per heavy atom. The van der Waals surface area contributed by atoms with Gasteiger partial charge in [-0.1, -0.05) is 30.3 Å². The fourth-order valence-electron chi connectivity index (χ4n) is 1.47. The van der Waals surface area contributed by atoms with E-state index in [4.69, 9.17) is 0 Å². The molecule has 0 radical (unpaired) electrons. The van der Waals surface area contributed by atoms with Gasteiger partial charge in [-0.2, -0.15) is 11.8 Å². The summed E-state index contributed by atoms with van der Waals surface area (Å²) in [5.74, 6) is 1.69. The predicted octanol–water partition coefficient (Wildman–Crippen LogP) is 4.48. The van der Waals surface area contributed by atoms with Crippen molar-refractivity contribution in [1.82, 2.24) is 0 Å². The molecule has 2 aromatic rings. The molecule has 2 rings (SSSR count). The quantitative estimate of drug-likeness (QED) is 0.873. The third-order valence-electron chi connectivity index (χ3n) is 2.33. The number of aliphatic hydroxyl groups is 1. The maximum Gasteiger partial charge on any atom is 0.0880 e. The summed E-state index contributed by atoms with van der Waals surface area (Å²) in [6, 6.07) is 14.0. The van der Waals surface area contributed by atoms with Crippen molar-refractivity contribution in [3.05, 3.63) is 56.7 Å². The Morgan fingerprint density at radius 1 is 1.18 bits per heavy atom. The van der Waals surface area contributed by atoms with Crippen LogP contribution in [0.15, 0.2) is 46.3 Å². The summed E-state index contributed by atoms with van der Waals surface area (Å²) in [5, 5.41) is 9.98. The zero-order valence-electron chi connectivity index (χ0n) is 9.17. The summed E-state index contributed by atoms with van der Waals surface area (Å²) in [7, 11) is 0. The molecule has 17 heavy (non-hydrogen) atoms. The first-order valence-corrected chi connectivity index (χ1v) is 8.07. The highest BCUT2D eigenvalue weighted by molar-refractivity contribution is 9.11. The smallest absolute Gasteiger partial charge is 0.0880 e. The molecule has 0 bridgehead atoms. The molecule has 1 atom stereocenters. The molecule has 0 spiro atoms. The van der Waals surface area contributed by atoms with E-state index in [1.807, 2.05) is 30.3 Å². The predicted molar refractivity (Wildman–Crippen MR) is 79.6 cm³/mol. The number of thioether (sulfide) groups is 1. The van der Waals surface area contributed by atoms with Crippen molar-refractivity contribution in [3.8, 4) is 0 Å². The van der Waals surface area contributed by atoms with Crippen molar-refractivity contribution in [3.63, 3.8) is 0 Å². The zero-order chi connectivity index (χ0) is 12.1. The molecule has 0 saturated heterocycles. The van der Waals surface area contributed by atoms with Gasteiger partial charge in [0.1, 0.15) is 0 Å². The van der Waals surface area contributed by atoms with Crippen LogP contribution in [0.2, 0.25) is 0 Å². The molecule has 0 saturated carbocycles. The van der Waals surface area contributed by atoms with Crippen molar-refractivity contribution in [2.45, 2.75) is 11.9 Å². The van der Waals surface area contributed by atoms with Gasteiger partial charge in [0.25, 0.3) is 0 Å². The minimum absolute atomic E-state index is 0.371. The second-order valence-corrected chi connectivity index (χ2v) is 7.23. The standard InChI is InChI=1S/C13H13BrOS2/c14-13-7-6-11(17-13)8-16-9-12(15)10-4-2-1-3-5-10/h1-7,12,15H,8-9H2. The lowest BCUT2D eigenvalue weighted by atomic mass is 10.1. The average Bonchev–Trinajstić information content (AvgIpc) is 2.76. The zero-order valence-corrected chi connectivity index (χ0v) is 12.4. The molecule has 0 amide bonds. The van der Waals surface area contributed by atoms with Crippen molar-refractivity contribution >= 4 is 39.0 Å². The molecule has 1 aromatic heterocycles. The van der Waals surface area contributed by atoms with E-state index in [9.17, 15) is 5.11 Å². The molecule has 4 heteroatoms. The topological polar surface area (TPSA) is 20.2 Å². The molecule has 1 N–H and O–H groups in total. The van der Waals surface area contributed by atoms with E-state index >= 15 is 0 Å². The van der Waals surface area contributed by atoms with Crippen LogP contribution < -0.4 is 0 Å². The first kappa shape index (κ1) is 13.1. The number of halogens is 1. The van der Waals surface area contributed by atoms with Gasteiger partial charge in [-0.25, -0.2) is 0 Å². The number of hydrogen-bond acceptors (Lipinski definition) is 3. The fraction of sp³-hybridized carbons (Fsp3) is 0.231. The first-order valence-electron chi connectivity index (χ1n) is 5.30. The molecule has 0 aliphatic heterocycles. The van der Waals surface area contributed by atoms with Gasteiger partial charge in [0.2, 0.25) is 0 Å². The van der Waals surface area contributed by atoms with Crippen LogP contribution in [0.3, 0.4) is 0 Å². The molecule has 1 unspecified atom stereocenters. The Kier molecular flexibility index (Phi) is 5.10. The van der Waals surface area contributed by atoms with Gasteiger partial charge in [-0.3, -0.25) is 0 Å². The Morgan fingerprint density at radius 2 is 1.94 bits per heavy atom. The van der Waals surface area contributed by atoms with Crippen LogP contribution in [0.4, 0.5) is 0 Å². The Labute approximate surface area is 118 Å². The molecule has 1 aromatic carbocycles. The first-order chi connectivity index (χ1) is 8.25. The number of rotatable bonds is 5. The van der Waals surface area contributed by atoms with E-state index in [2.05, 4.69) is 28.1 Å². The van der Waals surface area contributed by atoms with E-state index in [0.29, 0.717) is 0 Å². The normalized spacial score (nSPS) is 12.6. The molecule has 1 heterocycles. The van der Waals surface area contributed by atoms with Gasteiger partial charge < -0.3 is 5.11 Å². The largest absolute Gasteiger partial charge is 0.388 e. The molecular formula is C13H13BrOS2. The van der Waals surface area contributed by atoms with Gasteiger partial charge in [0, 0.05) is 16.4 Å². The monoisotopic (exact) mass is 328 g/mol. The number of hydrogen-bond donors (Lipinski definition) is 1. The van der Waals surface area contributed by atoms with Crippen LogP contribution in [-0.2, 0) is 5.75 Å². The van der Waals surface area contributed by atoms with Crippen LogP contribution in [0.5, 0.6) is 0 Å². The second kappa shape index (κ2) is 6.59. The summed E-state index contributed by atoms with van der Waals surface area (Å²) < 4.78 is 1.16. The van der Waals surface area contributed by atoms with E-state index < -0.39 is 0 Å². The summed E-state index contributed by atoms with van der Waals surface area (Å²) in [5.41, 5.74) is 0.993. The van der Waals surface area contributed by atoms with Crippen LogP contribution in [-0.4, -0.2) is 10.9 Å². The van der Waals surface area contributed by atoms with E-state index in [1.165, 1.54) is 4.88 Å². The molecular weight excluding hydrogens is 316 g/mol. The maximum atomic E-state index is 9.98. The highest BCUT2D eigenvalue weighted by atomic mass is 79.9. The lowest BCUT2D eigenvalue weighted by Gasteiger charge is -2.09. The molecule has 0 fully saturated rings. The summed E-state index contributed by atoms with van der Waals surface area (Å²) in [4.78, 5) is 1.34. The molecule has 1 nitrogen and oxygen atoms in total. The van der Waals surface area contributed by atoms with Gasteiger partial charge in [0.05, 0.1) is 9.89 Å². The lowest BCUT2D eigenvalue weighted by molar-refractivity contribution is 0.204. The highest BCUT2D eigenvalue weighted by Gasteiger charge is 2.07. The minimum atomic E-state index is -0.371. The Hall–Kier alpha value is -0.290. The fourth-order valence-corrected chi connectivity index (χ4v) is 4.07. The average molecular weight is 329 g/mol. The van der Waals surface area contributed by atoms with E-state index in [-0.39, 0.29) is 6.10 Å². The summed E-state index contributed by atoms with van der Waals surface area (Å²) >= 11 is 6.96. The van der Waals surface area contributed by atoms with Crippen molar-refractivity contribution in [1.29, 1.82) is 0 Å². The molecule has 0 aliphatic carbocycles. The van der Waals surface area contributed by atoms with Crippen molar-refractivity contribution in [2.24, 2.45) is 0 Å². The van der Waals surface area contributed by atoms with Gasteiger partial charge >= 0.3 is 0 Å². The number of benzene rings is 1. The van der Waals surface area contributed by atoms with Crippen molar-refractivity contribution in [2.75, 3.05) is 5.75 Å². The molecule has 0 aliphatic rings. The van der Waals surface area contributed by atoms with Gasteiger partial charge in [0.15, 0.2) is 0 Å². The van der Waals surface area contributed by atoms with Crippen molar-refractivity contribution < 1.29 is 5.11 Å². The third kappa shape index (κ3) is 4.14. The number of aliphatic hydroxyl groups excluding tert-OH is 1. The Balaban J connectivity index is 1.79. The van der Waals surface area contributed by atoms with Crippen LogP contribution in [0, 0.1) is 0 Å². The summed E-state index contributed by atoms with van der Waals surface area (Å²) in [6.45, 7) is 0. The van der Waals surface area contributed by atoms with Crippen LogP contribution in [0.1, 0.15) is 16.5 Å². The van der Waals surface area contributed by atoms with E-state index in [0.717, 1.165) is 20.9 Å². The molecule has 90 valence electrons. The SMILES string of the molecule is OC(CSCc1ccc(Br)s1)c1ccccc1. The van der Waals surface area contributed by atoms with Crippen LogP contribution >= 0.6 is 39.0 Å². The minimum Gasteiger partial charge on any atom is -0.388 e. The third-order valence-corrected chi connectivity index (χ3v) is 5.21. The van der Waals surface area contributed by atoms with Gasteiger partial charge in [-0.15, -0.1) is 11.3 Å². The Bertz CT molecular complexity index is 455. The maximum absolute atomic E-state index is 9.98. The summed E-state index contributed by atoms with van der Waals surface area (Å²) in [6.07, 6.45) is -0.371. The van der Waals surface area contributed by atoms with Gasteiger partial charge in [-0.05, 0) is 33.6 Å². The van der Waals surface area contributed by atoms with Crippen LogP contribution in [0.25, 0.3) is 0 Å². The highest BCUT2D eigenvalue weighted by Crippen LogP contribution is 2.27. The lowest BCUT2D eigenvalue weighted by Crippen LogP contribution is -2.00. The second-order valence-electron chi connectivity index (χ2n) is 3.65. The number of thiophene rings is 1.